The molecule has 5 heteroatoms. The van der Waals surface area contributed by atoms with E-state index in [1.165, 1.54) is 0 Å². The third-order valence-corrected chi connectivity index (χ3v) is 2.26. The van der Waals surface area contributed by atoms with Crippen molar-refractivity contribution in [3.8, 4) is 0 Å². The molecule has 0 aliphatic carbocycles. The lowest BCUT2D eigenvalue weighted by atomic mass is 10.2. The minimum atomic E-state index is 0.346. The Morgan fingerprint density at radius 3 is 3.09 bits per heavy atom. The van der Waals surface area contributed by atoms with Gasteiger partial charge in [0.1, 0.15) is 0 Å². The summed E-state index contributed by atoms with van der Waals surface area (Å²) in [7, 11) is 2.09. The maximum atomic E-state index is 3.95. The van der Waals surface area contributed by atoms with E-state index in [0.29, 0.717) is 6.04 Å². The Kier molecular flexibility index (Phi) is 1.38. The average Bonchev–Trinajstić information content (AvgIpc) is 2.45. The van der Waals surface area contributed by atoms with Gasteiger partial charge in [-0.2, -0.15) is 0 Å². The second-order valence-electron chi connectivity index (χ2n) is 2.92. The third kappa shape index (κ3) is 0.920. The first kappa shape index (κ1) is 6.72. The van der Waals surface area contributed by atoms with Crippen molar-refractivity contribution in [2.45, 2.75) is 19.5 Å². The van der Waals surface area contributed by atoms with E-state index in [4.69, 9.17) is 0 Å². The SMILES string of the molecule is C[C@H]1c2nnnn2CCN1C. The molecule has 1 aromatic heterocycles. The average molecular weight is 153 g/mol. The lowest BCUT2D eigenvalue weighted by Gasteiger charge is -2.28. The van der Waals surface area contributed by atoms with Gasteiger partial charge in [-0.05, 0) is 24.4 Å². The number of likely N-dealkylation sites (N-methyl/N-ethyl adjacent to an activating group) is 1. The number of rotatable bonds is 0. The highest BCUT2D eigenvalue weighted by molar-refractivity contribution is 4.93. The summed E-state index contributed by atoms with van der Waals surface area (Å²) in [6, 6.07) is 0.346. The molecule has 1 aliphatic rings. The van der Waals surface area contributed by atoms with Crippen LogP contribution in [0.5, 0.6) is 0 Å². The molecule has 0 spiro atoms. The fraction of sp³-hybridized carbons (Fsp3) is 0.833. The normalized spacial score (nSPS) is 25.1. The van der Waals surface area contributed by atoms with Crippen LogP contribution in [-0.4, -0.2) is 38.7 Å². The van der Waals surface area contributed by atoms with E-state index < -0.39 is 0 Å². The standard InChI is InChI=1S/C6H11N5/c1-5-6-7-8-9-11(6)4-3-10(5)2/h5H,3-4H2,1-2H3/t5-/m0/s1. The van der Waals surface area contributed by atoms with E-state index in [0.717, 1.165) is 18.9 Å². The molecule has 0 unspecified atom stereocenters. The van der Waals surface area contributed by atoms with Crippen molar-refractivity contribution < 1.29 is 0 Å². The van der Waals surface area contributed by atoms with Crippen LogP contribution in [0.25, 0.3) is 0 Å². The van der Waals surface area contributed by atoms with Crippen molar-refractivity contribution in [2.75, 3.05) is 13.6 Å². The molecule has 0 saturated carbocycles. The van der Waals surface area contributed by atoms with Crippen LogP contribution in [0.1, 0.15) is 18.8 Å². The Bertz CT molecular complexity index is 255. The van der Waals surface area contributed by atoms with Crippen LogP contribution in [0.15, 0.2) is 0 Å². The summed E-state index contributed by atoms with van der Waals surface area (Å²) in [5.41, 5.74) is 0. The van der Waals surface area contributed by atoms with E-state index in [1.807, 2.05) is 4.68 Å². The molecule has 1 aromatic rings. The van der Waals surface area contributed by atoms with Gasteiger partial charge in [0.15, 0.2) is 5.82 Å². The smallest absolute Gasteiger partial charge is 0.168 e. The molecule has 0 aromatic carbocycles. The molecular weight excluding hydrogens is 142 g/mol. The summed E-state index contributed by atoms with van der Waals surface area (Å²) < 4.78 is 1.87. The number of tetrazole rings is 1. The van der Waals surface area contributed by atoms with Crippen molar-refractivity contribution in [3.63, 3.8) is 0 Å². The molecule has 11 heavy (non-hydrogen) atoms. The van der Waals surface area contributed by atoms with E-state index in [-0.39, 0.29) is 0 Å². The van der Waals surface area contributed by atoms with E-state index in [1.54, 1.807) is 0 Å². The van der Waals surface area contributed by atoms with Crippen LogP contribution in [-0.2, 0) is 6.54 Å². The largest absolute Gasteiger partial charge is 0.295 e. The maximum absolute atomic E-state index is 3.95. The molecule has 0 radical (unpaired) electrons. The summed E-state index contributed by atoms with van der Waals surface area (Å²) in [5.74, 6) is 0.971. The van der Waals surface area contributed by atoms with Gasteiger partial charge in [0.05, 0.1) is 12.6 Å². The zero-order valence-electron chi connectivity index (χ0n) is 6.73. The summed E-state index contributed by atoms with van der Waals surface area (Å²) in [5, 5.41) is 11.4. The molecule has 60 valence electrons. The number of fused-ring (bicyclic) bond motifs is 1. The van der Waals surface area contributed by atoms with Gasteiger partial charge in [0.2, 0.25) is 0 Å². The Morgan fingerprint density at radius 2 is 2.27 bits per heavy atom. The Hall–Kier alpha value is -0.970. The van der Waals surface area contributed by atoms with Crippen LogP contribution in [0.3, 0.4) is 0 Å². The fourth-order valence-electron chi connectivity index (χ4n) is 1.31. The maximum Gasteiger partial charge on any atom is 0.168 e. The Balaban J connectivity index is 2.38. The molecule has 0 saturated heterocycles. The minimum absolute atomic E-state index is 0.346. The molecule has 1 aliphatic heterocycles. The molecule has 5 nitrogen and oxygen atoms in total. The molecule has 0 bridgehead atoms. The van der Waals surface area contributed by atoms with E-state index >= 15 is 0 Å². The summed E-state index contributed by atoms with van der Waals surface area (Å²) in [6.07, 6.45) is 0. The molecule has 1 atom stereocenters. The van der Waals surface area contributed by atoms with Gasteiger partial charge < -0.3 is 0 Å². The van der Waals surface area contributed by atoms with Gasteiger partial charge >= 0.3 is 0 Å². The van der Waals surface area contributed by atoms with Crippen molar-refractivity contribution >= 4 is 0 Å². The zero-order chi connectivity index (χ0) is 7.84. The third-order valence-electron chi connectivity index (χ3n) is 2.26. The zero-order valence-corrected chi connectivity index (χ0v) is 6.73. The number of nitrogens with zero attached hydrogens (tertiary/aromatic N) is 5. The molecule has 2 rings (SSSR count). The van der Waals surface area contributed by atoms with Gasteiger partial charge in [-0.15, -0.1) is 5.10 Å². The van der Waals surface area contributed by atoms with Gasteiger partial charge in [0, 0.05) is 6.54 Å². The first-order valence-electron chi connectivity index (χ1n) is 3.75. The first-order chi connectivity index (χ1) is 5.29. The van der Waals surface area contributed by atoms with Crippen LogP contribution >= 0.6 is 0 Å². The van der Waals surface area contributed by atoms with Crippen molar-refractivity contribution in [2.24, 2.45) is 0 Å². The predicted octanol–water partition coefficient (Wildman–Crippen LogP) is -0.321. The highest BCUT2D eigenvalue weighted by atomic mass is 15.6. The lowest BCUT2D eigenvalue weighted by Crippen LogP contribution is -2.34. The molecule has 0 N–H and O–H groups in total. The van der Waals surface area contributed by atoms with Crippen molar-refractivity contribution in [1.82, 2.24) is 25.1 Å². The first-order valence-corrected chi connectivity index (χ1v) is 3.75. The van der Waals surface area contributed by atoms with Crippen molar-refractivity contribution in [1.29, 1.82) is 0 Å². The predicted molar refractivity (Wildman–Crippen MR) is 38.9 cm³/mol. The molecule has 0 fully saturated rings. The highest BCUT2D eigenvalue weighted by Crippen LogP contribution is 2.18. The minimum Gasteiger partial charge on any atom is -0.295 e. The van der Waals surface area contributed by atoms with Gasteiger partial charge in [-0.3, -0.25) is 4.90 Å². The van der Waals surface area contributed by atoms with Crippen LogP contribution in [0.4, 0.5) is 0 Å². The van der Waals surface area contributed by atoms with E-state index in [2.05, 4.69) is 34.4 Å². The molecule has 2 heterocycles. The van der Waals surface area contributed by atoms with Gasteiger partial charge in [0.25, 0.3) is 0 Å². The quantitative estimate of drug-likeness (QED) is 0.512. The number of hydrogen-bond donors (Lipinski definition) is 0. The topological polar surface area (TPSA) is 46.8 Å². The molecule has 0 amide bonds. The van der Waals surface area contributed by atoms with Crippen molar-refractivity contribution in [3.05, 3.63) is 5.82 Å². The fourth-order valence-corrected chi connectivity index (χ4v) is 1.31. The second kappa shape index (κ2) is 2.27. The summed E-state index contributed by atoms with van der Waals surface area (Å²) in [6.45, 7) is 4.05. The number of aromatic nitrogens is 4. The Labute approximate surface area is 65.0 Å². The summed E-state index contributed by atoms with van der Waals surface area (Å²) >= 11 is 0. The van der Waals surface area contributed by atoms with E-state index in [9.17, 15) is 0 Å². The lowest BCUT2D eigenvalue weighted by molar-refractivity contribution is 0.198. The molecular formula is C6H11N5. The van der Waals surface area contributed by atoms with Crippen LogP contribution in [0.2, 0.25) is 0 Å². The summed E-state index contributed by atoms with van der Waals surface area (Å²) in [4.78, 5) is 2.24. The highest BCUT2D eigenvalue weighted by Gasteiger charge is 2.23. The second-order valence-corrected chi connectivity index (χ2v) is 2.92. The van der Waals surface area contributed by atoms with Crippen LogP contribution in [0, 0.1) is 0 Å². The van der Waals surface area contributed by atoms with Crippen LogP contribution < -0.4 is 0 Å². The van der Waals surface area contributed by atoms with Gasteiger partial charge in [-0.1, -0.05) is 0 Å². The van der Waals surface area contributed by atoms with Gasteiger partial charge in [-0.25, -0.2) is 4.68 Å². The monoisotopic (exact) mass is 153 g/mol. The number of hydrogen-bond acceptors (Lipinski definition) is 4. The Morgan fingerprint density at radius 1 is 1.45 bits per heavy atom.